The van der Waals surface area contributed by atoms with Gasteiger partial charge in [0.05, 0.1) is 0 Å². The molecule has 1 atom stereocenters. The Morgan fingerprint density at radius 1 is 1.15 bits per heavy atom. The molecule has 0 radical (unpaired) electrons. The molecule has 0 saturated carbocycles. The molecule has 20 heavy (non-hydrogen) atoms. The van der Waals surface area contributed by atoms with E-state index in [2.05, 4.69) is 24.4 Å². The first kappa shape index (κ1) is 15.0. The Balaban J connectivity index is 2.34. The number of hydrogen-bond acceptors (Lipinski definition) is 1. The highest BCUT2D eigenvalue weighted by Crippen LogP contribution is 2.27. The smallest absolute Gasteiger partial charge is 0.127 e. The highest BCUT2D eigenvalue weighted by molar-refractivity contribution is 6.31. The number of aryl methyl sites for hydroxylation is 1. The Morgan fingerprint density at radius 2 is 1.90 bits per heavy atom. The van der Waals surface area contributed by atoms with Crippen molar-refractivity contribution in [3.63, 3.8) is 0 Å². The van der Waals surface area contributed by atoms with Crippen molar-refractivity contribution in [3.05, 3.63) is 70.0 Å². The molecule has 0 aliphatic carbocycles. The van der Waals surface area contributed by atoms with Gasteiger partial charge < -0.3 is 5.32 Å². The number of rotatable bonds is 5. The first-order chi connectivity index (χ1) is 9.67. The van der Waals surface area contributed by atoms with Crippen molar-refractivity contribution in [2.24, 2.45) is 0 Å². The molecule has 0 amide bonds. The molecule has 0 bridgehead atoms. The van der Waals surface area contributed by atoms with Crippen molar-refractivity contribution in [2.45, 2.75) is 25.8 Å². The van der Waals surface area contributed by atoms with Crippen LogP contribution in [-0.4, -0.2) is 7.05 Å². The van der Waals surface area contributed by atoms with Crippen molar-refractivity contribution in [1.82, 2.24) is 5.32 Å². The van der Waals surface area contributed by atoms with Gasteiger partial charge in [-0.15, -0.1) is 0 Å². The maximum Gasteiger partial charge on any atom is 0.127 e. The van der Waals surface area contributed by atoms with E-state index in [1.807, 2.05) is 19.2 Å². The van der Waals surface area contributed by atoms with E-state index >= 15 is 0 Å². The predicted molar refractivity (Wildman–Crippen MR) is 82.7 cm³/mol. The van der Waals surface area contributed by atoms with Gasteiger partial charge >= 0.3 is 0 Å². The first-order valence-electron chi connectivity index (χ1n) is 6.85. The van der Waals surface area contributed by atoms with Gasteiger partial charge in [-0.3, -0.25) is 0 Å². The van der Waals surface area contributed by atoms with Gasteiger partial charge in [-0.2, -0.15) is 0 Å². The summed E-state index contributed by atoms with van der Waals surface area (Å²) in [6.07, 6.45) is 1.50. The quantitative estimate of drug-likeness (QED) is 0.852. The van der Waals surface area contributed by atoms with Gasteiger partial charge in [0.25, 0.3) is 0 Å². The monoisotopic (exact) mass is 291 g/mol. The van der Waals surface area contributed by atoms with Gasteiger partial charge in [-0.25, -0.2) is 4.39 Å². The van der Waals surface area contributed by atoms with E-state index in [4.69, 9.17) is 11.6 Å². The molecule has 2 aromatic carbocycles. The number of hydrogen-bond donors (Lipinski definition) is 1. The summed E-state index contributed by atoms with van der Waals surface area (Å²) in [7, 11) is 1.89. The molecule has 0 aliphatic heterocycles. The fraction of sp³-hybridized carbons (Fsp3) is 0.294. The van der Waals surface area contributed by atoms with Crippen molar-refractivity contribution in [3.8, 4) is 0 Å². The molecule has 1 nitrogen and oxygen atoms in total. The lowest BCUT2D eigenvalue weighted by Gasteiger charge is -2.20. The largest absolute Gasteiger partial charge is 0.313 e. The van der Waals surface area contributed by atoms with Crippen LogP contribution in [0.1, 0.15) is 29.7 Å². The number of benzene rings is 2. The van der Waals surface area contributed by atoms with Crippen LogP contribution in [0.2, 0.25) is 5.02 Å². The van der Waals surface area contributed by atoms with E-state index in [1.54, 1.807) is 12.1 Å². The van der Waals surface area contributed by atoms with Gasteiger partial charge in [0.2, 0.25) is 0 Å². The van der Waals surface area contributed by atoms with Gasteiger partial charge in [-0.1, -0.05) is 48.9 Å². The lowest BCUT2D eigenvalue weighted by Crippen LogP contribution is -2.21. The molecule has 0 aromatic heterocycles. The van der Waals surface area contributed by atoms with Crippen LogP contribution in [0.4, 0.5) is 4.39 Å². The topological polar surface area (TPSA) is 12.0 Å². The van der Waals surface area contributed by atoms with Crippen LogP contribution in [0.5, 0.6) is 0 Å². The predicted octanol–water partition coefficient (Wildman–Crippen LogP) is 4.54. The Bertz CT molecular complexity index is 563. The van der Waals surface area contributed by atoms with E-state index < -0.39 is 0 Å². The molecular formula is C17H19ClFN. The minimum Gasteiger partial charge on any atom is -0.313 e. The summed E-state index contributed by atoms with van der Waals surface area (Å²) in [4.78, 5) is 0. The standard InChI is InChI=1S/C17H19ClFN/c1-3-12-7-4-5-8-13(12)17(20-2)11-14-15(18)9-6-10-16(14)19/h4-10,17,20H,3,11H2,1-2H3. The number of nitrogens with one attached hydrogen (secondary N) is 1. The van der Waals surface area contributed by atoms with E-state index in [0.717, 1.165) is 6.42 Å². The number of likely N-dealkylation sites (N-methyl/N-ethyl adjacent to an activating group) is 1. The Morgan fingerprint density at radius 3 is 2.55 bits per heavy atom. The first-order valence-corrected chi connectivity index (χ1v) is 7.23. The molecule has 3 heteroatoms. The molecule has 0 saturated heterocycles. The van der Waals surface area contributed by atoms with E-state index in [1.165, 1.54) is 17.2 Å². The zero-order chi connectivity index (χ0) is 14.5. The molecule has 106 valence electrons. The highest BCUT2D eigenvalue weighted by Gasteiger charge is 2.17. The van der Waals surface area contributed by atoms with Crippen molar-refractivity contribution >= 4 is 11.6 Å². The zero-order valence-corrected chi connectivity index (χ0v) is 12.5. The van der Waals surface area contributed by atoms with Gasteiger partial charge in [0.1, 0.15) is 5.82 Å². The maximum atomic E-state index is 13.9. The minimum atomic E-state index is -0.244. The van der Waals surface area contributed by atoms with Crippen LogP contribution >= 0.6 is 11.6 Å². The van der Waals surface area contributed by atoms with Crippen molar-refractivity contribution < 1.29 is 4.39 Å². The SMILES string of the molecule is CCc1ccccc1C(Cc1c(F)cccc1Cl)NC. The summed E-state index contributed by atoms with van der Waals surface area (Å²) in [5.74, 6) is -0.244. The van der Waals surface area contributed by atoms with Crippen LogP contribution < -0.4 is 5.32 Å². The average Bonchev–Trinajstić information content (AvgIpc) is 2.47. The third-order valence-electron chi connectivity index (χ3n) is 3.63. The van der Waals surface area contributed by atoms with Crippen LogP contribution in [0.15, 0.2) is 42.5 Å². The summed E-state index contributed by atoms with van der Waals surface area (Å²) in [5.41, 5.74) is 3.05. The molecule has 1 unspecified atom stereocenters. The lowest BCUT2D eigenvalue weighted by molar-refractivity contribution is 0.552. The summed E-state index contributed by atoms with van der Waals surface area (Å²) < 4.78 is 13.9. The molecule has 0 aliphatic rings. The normalized spacial score (nSPS) is 12.4. The van der Waals surface area contributed by atoms with Crippen LogP contribution in [-0.2, 0) is 12.8 Å². The van der Waals surface area contributed by atoms with E-state index in [-0.39, 0.29) is 11.9 Å². The fourth-order valence-corrected chi connectivity index (χ4v) is 2.74. The van der Waals surface area contributed by atoms with E-state index in [9.17, 15) is 4.39 Å². The summed E-state index contributed by atoms with van der Waals surface area (Å²) >= 11 is 6.12. The summed E-state index contributed by atoms with van der Waals surface area (Å²) in [5, 5.41) is 3.76. The number of halogens is 2. The molecule has 2 rings (SSSR count). The fourth-order valence-electron chi connectivity index (χ4n) is 2.50. The van der Waals surface area contributed by atoms with E-state index in [0.29, 0.717) is 17.0 Å². The third kappa shape index (κ3) is 3.20. The Kier molecular flexibility index (Phi) is 5.16. The summed E-state index contributed by atoms with van der Waals surface area (Å²) in [6, 6.07) is 13.1. The third-order valence-corrected chi connectivity index (χ3v) is 3.98. The lowest BCUT2D eigenvalue weighted by atomic mass is 9.93. The molecule has 1 N–H and O–H groups in total. The Labute approximate surface area is 124 Å². The second kappa shape index (κ2) is 6.87. The van der Waals surface area contributed by atoms with Gasteiger partial charge in [0.15, 0.2) is 0 Å². The minimum absolute atomic E-state index is 0.0561. The highest BCUT2D eigenvalue weighted by atomic mass is 35.5. The van der Waals surface area contributed by atoms with Crippen LogP contribution in [0, 0.1) is 5.82 Å². The van der Waals surface area contributed by atoms with Crippen molar-refractivity contribution in [1.29, 1.82) is 0 Å². The van der Waals surface area contributed by atoms with Crippen LogP contribution in [0.3, 0.4) is 0 Å². The summed E-state index contributed by atoms with van der Waals surface area (Å²) in [6.45, 7) is 2.13. The van der Waals surface area contributed by atoms with Crippen molar-refractivity contribution in [2.75, 3.05) is 7.05 Å². The zero-order valence-electron chi connectivity index (χ0n) is 11.8. The molecule has 0 heterocycles. The molecule has 0 spiro atoms. The average molecular weight is 292 g/mol. The van der Waals surface area contributed by atoms with Gasteiger partial charge in [0, 0.05) is 16.6 Å². The molecule has 0 fully saturated rings. The van der Waals surface area contributed by atoms with Crippen LogP contribution in [0.25, 0.3) is 0 Å². The second-order valence-electron chi connectivity index (χ2n) is 4.80. The Hall–Kier alpha value is -1.38. The van der Waals surface area contributed by atoms with Gasteiger partial charge in [-0.05, 0) is 43.1 Å². The maximum absolute atomic E-state index is 13.9. The molecule has 2 aromatic rings. The second-order valence-corrected chi connectivity index (χ2v) is 5.21. The molecular weight excluding hydrogens is 273 g/mol.